The molecule has 0 radical (unpaired) electrons. The van der Waals surface area contributed by atoms with Gasteiger partial charge in [0.1, 0.15) is 11.7 Å². The molecule has 5 nitrogen and oxygen atoms in total. The number of benzene rings is 1. The molecule has 0 aromatic heterocycles. The van der Waals surface area contributed by atoms with Crippen LogP contribution in [0.5, 0.6) is 0 Å². The predicted octanol–water partition coefficient (Wildman–Crippen LogP) is 4.95. The molecule has 1 fully saturated rings. The van der Waals surface area contributed by atoms with E-state index in [1.807, 2.05) is 39.1 Å². The molecule has 2 atom stereocenters. The molecular formula is C22H27ClN2O3. The summed E-state index contributed by atoms with van der Waals surface area (Å²) >= 11 is 6.32. The van der Waals surface area contributed by atoms with Crippen molar-refractivity contribution < 1.29 is 14.3 Å². The molecule has 150 valence electrons. The number of hydrogen-bond acceptors (Lipinski definition) is 4. The third-order valence-electron chi connectivity index (χ3n) is 5.49. The third-order valence-corrected chi connectivity index (χ3v) is 5.80. The van der Waals surface area contributed by atoms with Gasteiger partial charge in [-0.1, -0.05) is 24.3 Å². The summed E-state index contributed by atoms with van der Waals surface area (Å²) in [7, 11) is 0. The lowest BCUT2D eigenvalue weighted by molar-refractivity contribution is -0.0981. The molecule has 2 unspecified atom stereocenters. The van der Waals surface area contributed by atoms with Crippen molar-refractivity contribution in [3.63, 3.8) is 0 Å². The van der Waals surface area contributed by atoms with Crippen molar-refractivity contribution in [2.45, 2.75) is 62.7 Å². The van der Waals surface area contributed by atoms with Crippen LogP contribution in [0.4, 0.5) is 4.79 Å². The minimum Gasteiger partial charge on any atom is -0.444 e. The van der Waals surface area contributed by atoms with Crippen LogP contribution >= 0.6 is 11.6 Å². The van der Waals surface area contributed by atoms with Crippen LogP contribution < -0.4 is 0 Å². The van der Waals surface area contributed by atoms with Crippen LogP contribution in [-0.2, 0) is 15.1 Å². The molecule has 1 spiro atoms. The Morgan fingerprint density at radius 3 is 2.68 bits per heavy atom. The minimum absolute atomic E-state index is 0.0474. The Hall–Kier alpha value is -1.85. The SMILES string of the molecule is CC(C)(C)OC(=O)N1CCC2(CC1)OC(C1=CC(Cl)CC=N1)c1ccccc12. The number of carbonyl (C=O) groups is 1. The van der Waals surface area contributed by atoms with Crippen molar-refractivity contribution >= 4 is 23.9 Å². The summed E-state index contributed by atoms with van der Waals surface area (Å²) in [6.45, 7) is 6.88. The summed E-state index contributed by atoms with van der Waals surface area (Å²) in [5.74, 6) is 0. The number of amides is 1. The Labute approximate surface area is 171 Å². The summed E-state index contributed by atoms with van der Waals surface area (Å²) in [4.78, 5) is 18.8. The first kappa shape index (κ1) is 19.5. The lowest BCUT2D eigenvalue weighted by Gasteiger charge is -2.40. The zero-order valence-electron chi connectivity index (χ0n) is 16.7. The van der Waals surface area contributed by atoms with Crippen LogP contribution in [0.2, 0.25) is 0 Å². The number of aliphatic imine (C=N–C) groups is 1. The summed E-state index contributed by atoms with van der Waals surface area (Å²) in [6, 6.07) is 8.34. The van der Waals surface area contributed by atoms with E-state index in [-0.39, 0.29) is 17.6 Å². The highest BCUT2D eigenvalue weighted by atomic mass is 35.5. The fraction of sp³-hybridized carbons (Fsp3) is 0.545. The van der Waals surface area contributed by atoms with Crippen LogP contribution in [-0.4, -0.2) is 41.3 Å². The van der Waals surface area contributed by atoms with E-state index in [1.165, 1.54) is 5.56 Å². The Morgan fingerprint density at radius 1 is 1.29 bits per heavy atom. The zero-order chi connectivity index (χ0) is 19.9. The number of nitrogens with zero attached hydrogens (tertiary/aromatic N) is 2. The normalized spacial score (nSPS) is 26.1. The number of halogens is 1. The van der Waals surface area contributed by atoms with E-state index >= 15 is 0 Å². The Balaban J connectivity index is 1.55. The van der Waals surface area contributed by atoms with Gasteiger partial charge in [0.05, 0.1) is 16.7 Å². The number of likely N-dealkylation sites (tertiary alicyclic amines) is 1. The smallest absolute Gasteiger partial charge is 0.410 e. The van der Waals surface area contributed by atoms with E-state index in [9.17, 15) is 4.79 Å². The molecule has 1 saturated heterocycles. The topological polar surface area (TPSA) is 51.1 Å². The van der Waals surface area contributed by atoms with E-state index < -0.39 is 11.2 Å². The number of rotatable bonds is 1. The molecule has 3 heterocycles. The fourth-order valence-corrected chi connectivity index (χ4v) is 4.40. The molecule has 0 aliphatic carbocycles. The van der Waals surface area contributed by atoms with Gasteiger partial charge in [-0.25, -0.2) is 4.79 Å². The molecule has 1 aromatic rings. The molecule has 28 heavy (non-hydrogen) atoms. The maximum Gasteiger partial charge on any atom is 0.410 e. The van der Waals surface area contributed by atoms with E-state index in [0.717, 1.165) is 30.5 Å². The van der Waals surface area contributed by atoms with Crippen molar-refractivity contribution in [3.8, 4) is 0 Å². The first-order valence-electron chi connectivity index (χ1n) is 9.91. The van der Waals surface area contributed by atoms with Crippen molar-refractivity contribution in [1.29, 1.82) is 0 Å². The van der Waals surface area contributed by atoms with Crippen LogP contribution in [0.15, 0.2) is 41.0 Å². The van der Waals surface area contributed by atoms with E-state index in [0.29, 0.717) is 13.1 Å². The van der Waals surface area contributed by atoms with Gasteiger partial charge in [-0.15, -0.1) is 11.6 Å². The van der Waals surface area contributed by atoms with Gasteiger partial charge in [0.25, 0.3) is 0 Å². The highest BCUT2D eigenvalue weighted by molar-refractivity contribution is 6.22. The molecule has 0 saturated carbocycles. The highest BCUT2D eigenvalue weighted by Gasteiger charge is 2.48. The number of allylic oxidation sites excluding steroid dienone is 1. The molecule has 3 aliphatic heterocycles. The van der Waals surface area contributed by atoms with Crippen LogP contribution in [0, 0.1) is 0 Å². The van der Waals surface area contributed by atoms with Gasteiger partial charge < -0.3 is 14.4 Å². The Kier molecular flexibility index (Phi) is 5.00. The van der Waals surface area contributed by atoms with E-state index in [1.54, 1.807) is 4.90 Å². The number of piperidine rings is 1. The van der Waals surface area contributed by atoms with E-state index in [4.69, 9.17) is 21.1 Å². The summed E-state index contributed by atoms with van der Waals surface area (Å²) in [6.07, 6.45) is 5.63. The molecule has 6 heteroatoms. The molecule has 3 aliphatic rings. The Bertz CT molecular complexity index is 819. The van der Waals surface area contributed by atoms with Gasteiger partial charge in [-0.05, 0) is 50.8 Å². The molecule has 0 N–H and O–H groups in total. The van der Waals surface area contributed by atoms with Gasteiger partial charge in [-0.3, -0.25) is 4.99 Å². The molecule has 4 rings (SSSR count). The van der Waals surface area contributed by atoms with Gasteiger partial charge in [0.15, 0.2) is 0 Å². The predicted molar refractivity (Wildman–Crippen MR) is 110 cm³/mol. The minimum atomic E-state index is -0.489. The highest BCUT2D eigenvalue weighted by Crippen LogP contribution is 2.52. The zero-order valence-corrected chi connectivity index (χ0v) is 17.4. The monoisotopic (exact) mass is 402 g/mol. The second kappa shape index (κ2) is 7.20. The van der Waals surface area contributed by atoms with Crippen LogP contribution in [0.1, 0.15) is 57.3 Å². The standard InChI is InChI=1S/C22H27ClN2O3/c1-21(2,3)28-20(26)25-12-9-22(10-13-25)17-7-5-4-6-16(17)19(27-22)18-14-15(23)8-11-24-18/h4-7,11,14-15,19H,8-10,12-13H2,1-3H3. The maximum absolute atomic E-state index is 12.4. The quantitative estimate of drug-likeness (QED) is 0.624. The first-order chi connectivity index (χ1) is 13.3. The summed E-state index contributed by atoms with van der Waals surface area (Å²) in [5, 5.41) is -0.0474. The lowest BCUT2D eigenvalue weighted by Crippen LogP contribution is -2.46. The van der Waals surface area contributed by atoms with Gasteiger partial charge in [-0.2, -0.15) is 0 Å². The molecule has 1 aromatic carbocycles. The van der Waals surface area contributed by atoms with E-state index in [2.05, 4.69) is 23.2 Å². The molecule has 1 amide bonds. The molecule has 0 bridgehead atoms. The second-order valence-electron chi connectivity index (χ2n) is 8.70. The van der Waals surface area contributed by atoms with Crippen molar-refractivity contribution in [2.24, 2.45) is 4.99 Å². The van der Waals surface area contributed by atoms with Crippen LogP contribution in [0.3, 0.4) is 0 Å². The average molecular weight is 403 g/mol. The second-order valence-corrected chi connectivity index (χ2v) is 9.26. The van der Waals surface area contributed by atoms with Crippen LogP contribution in [0.25, 0.3) is 0 Å². The average Bonchev–Trinajstić information content (AvgIpc) is 2.96. The fourth-order valence-electron chi connectivity index (χ4n) is 4.19. The Morgan fingerprint density at radius 2 is 2.00 bits per heavy atom. The van der Waals surface area contributed by atoms with Gasteiger partial charge in [0, 0.05) is 25.7 Å². The third kappa shape index (κ3) is 3.70. The lowest BCUT2D eigenvalue weighted by atomic mass is 9.83. The number of carbonyl (C=O) groups excluding carboxylic acids is 1. The number of alkyl halides is 1. The van der Waals surface area contributed by atoms with Crippen molar-refractivity contribution in [2.75, 3.05) is 13.1 Å². The largest absolute Gasteiger partial charge is 0.444 e. The maximum atomic E-state index is 12.4. The first-order valence-corrected chi connectivity index (χ1v) is 10.3. The number of fused-ring (bicyclic) bond motifs is 2. The summed E-state index contributed by atoms with van der Waals surface area (Å²) < 4.78 is 12.2. The van der Waals surface area contributed by atoms with Gasteiger partial charge in [0.2, 0.25) is 0 Å². The van der Waals surface area contributed by atoms with Gasteiger partial charge >= 0.3 is 6.09 Å². The van der Waals surface area contributed by atoms with Crippen molar-refractivity contribution in [3.05, 3.63) is 47.2 Å². The summed E-state index contributed by atoms with van der Waals surface area (Å²) in [5.41, 5.74) is 2.36. The number of hydrogen-bond donors (Lipinski definition) is 0. The van der Waals surface area contributed by atoms with Crippen molar-refractivity contribution in [1.82, 2.24) is 4.90 Å². The number of ether oxygens (including phenoxy) is 2. The molecular weight excluding hydrogens is 376 g/mol.